The second-order valence-corrected chi connectivity index (χ2v) is 1.97. The summed E-state index contributed by atoms with van der Waals surface area (Å²) in [6.07, 6.45) is 2.87. The van der Waals surface area contributed by atoms with E-state index in [-0.39, 0.29) is 0 Å². The minimum atomic E-state index is -0.478. The van der Waals surface area contributed by atoms with Gasteiger partial charge < -0.3 is 4.42 Å². The van der Waals surface area contributed by atoms with Gasteiger partial charge in [0.25, 0.3) is 0 Å². The molecular weight excluding hydrogens is 133 g/mol. The van der Waals surface area contributed by atoms with E-state index >= 15 is 0 Å². The average molecular weight is 137 g/mol. The van der Waals surface area contributed by atoms with Gasteiger partial charge in [-0.15, -0.1) is 0 Å². The maximum atomic E-state index is 12.4. The monoisotopic (exact) mass is 137 g/mol. The zero-order chi connectivity index (χ0) is 6.97. The number of pyridine rings is 1. The van der Waals surface area contributed by atoms with Crippen molar-refractivity contribution in [1.29, 1.82) is 0 Å². The minimum absolute atomic E-state index is 0.478. The number of rotatable bonds is 0. The Hall–Kier alpha value is -1.38. The van der Waals surface area contributed by atoms with Gasteiger partial charge in [-0.3, -0.25) is 0 Å². The Bertz CT molecular complexity index is 355. The highest BCUT2D eigenvalue weighted by Gasteiger charge is 1.97. The van der Waals surface area contributed by atoms with Crippen molar-refractivity contribution in [3.63, 3.8) is 0 Å². The van der Waals surface area contributed by atoms with Crippen LogP contribution >= 0.6 is 0 Å². The zero-order valence-corrected chi connectivity index (χ0v) is 5.04. The van der Waals surface area contributed by atoms with E-state index < -0.39 is 5.95 Å². The van der Waals surface area contributed by atoms with Gasteiger partial charge >= 0.3 is 0 Å². The number of fused-ring (bicyclic) bond motifs is 1. The summed E-state index contributed by atoms with van der Waals surface area (Å²) in [6.45, 7) is 0. The summed E-state index contributed by atoms with van der Waals surface area (Å²) in [5, 5.41) is 0.743. The van der Waals surface area contributed by atoms with Crippen molar-refractivity contribution in [3.05, 3.63) is 30.5 Å². The van der Waals surface area contributed by atoms with E-state index in [2.05, 4.69) is 4.98 Å². The third kappa shape index (κ3) is 0.673. The van der Waals surface area contributed by atoms with Crippen LogP contribution in [0.4, 0.5) is 4.39 Å². The summed E-state index contributed by atoms with van der Waals surface area (Å²) in [6, 6.07) is 3.03. The van der Waals surface area contributed by atoms with E-state index in [1.807, 2.05) is 0 Å². The van der Waals surface area contributed by atoms with Crippen molar-refractivity contribution in [2.75, 3.05) is 0 Å². The lowest BCUT2D eigenvalue weighted by atomic mass is 10.3. The molecule has 50 valence electrons. The molecule has 0 aromatic carbocycles. The molecule has 0 saturated carbocycles. The fourth-order valence-electron chi connectivity index (χ4n) is 0.841. The van der Waals surface area contributed by atoms with Crippen LogP contribution in [0.3, 0.4) is 0 Å². The number of nitrogens with zero attached hydrogens (tertiary/aromatic N) is 1. The fourth-order valence-corrected chi connectivity index (χ4v) is 0.841. The van der Waals surface area contributed by atoms with E-state index in [1.165, 1.54) is 18.5 Å². The second kappa shape index (κ2) is 1.80. The van der Waals surface area contributed by atoms with Crippen molar-refractivity contribution in [3.8, 4) is 0 Å². The first kappa shape index (κ1) is 5.41. The largest absolute Gasteiger partial charge is 0.463 e. The maximum Gasteiger partial charge on any atom is 0.213 e. The van der Waals surface area contributed by atoms with Crippen molar-refractivity contribution in [1.82, 2.24) is 4.98 Å². The van der Waals surface area contributed by atoms with E-state index in [0.29, 0.717) is 5.58 Å². The van der Waals surface area contributed by atoms with Gasteiger partial charge in [0.2, 0.25) is 5.95 Å². The van der Waals surface area contributed by atoms with Gasteiger partial charge in [-0.25, -0.2) is 4.98 Å². The molecule has 0 aliphatic rings. The quantitative estimate of drug-likeness (QED) is 0.519. The van der Waals surface area contributed by atoms with Gasteiger partial charge in [-0.05, 0) is 6.07 Å². The molecule has 0 spiro atoms. The molecule has 0 aliphatic carbocycles. The molecule has 0 unspecified atom stereocenters. The Morgan fingerprint density at radius 3 is 3.30 bits per heavy atom. The molecule has 2 rings (SSSR count). The first-order valence-electron chi connectivity index (χ1n) is 2.85. The molecule has 2 nitrogen and oxygen atoms in total. The van der Waals surface area contributed by atoms with Crippen LogP contribution in [-0.4, -0.2) is 4.98 Å². The van der Waals surface area contributed by atoms with Crippen LogP contribution in [0.25, 0.3) is 11.0 Å². The Morgan fingerprint density at radius 1 is 1.50 bits per heavy atom. The highest BCUT2D eigenvalue weighted by atomic mass is 19.1. The third-order valence-corrected chi connectivity index (χ3v) is 1.31. The Balaban J connectivity index is 2.86. The van der Waals surface area contributed by atoms with Crippen LogP contribution < -0.4 is 0 Å². The molecule has 2 aromatic heterocycles. The number of hydrogen-bond donors (Lipinski definition) is 0. The SMILES string of the molecule is Fc1cc2ccoc2cn1. The Morgan fingerprint density at radius 2 is 2.40 bits per heavy atom. The summed E-state index contributed by atoms with van der Waals surface area (Å²) in [4.78, 5) is 3.42. The molecule has 0 N–H and O–H groups in total. The molecule has 0 fully saturated rings. The number of furan rings is 1. The average Bonchev–Trinajstić information content (AvgIpc) is 2.33. The van der Waals surface area contributed by atoms with Gasteiger partial charge in [0, 0.05) is 11.5 Å². The highest BCUT2D eigenvalue weighted by molar-refractivity contribution is 5.75. The van der Waals surface area contributed by atoms with Crippen molar-refractivity contribution >= 4 is 11.0 Å². The van der Waals surface area contributed by atoms with E-state index in [9.17, 15) is 4.39 Å². The Labute approximate surface area is 56.3 Å². The number of halogens is 1. The van der Waals surface area contributed by atoms with E-state index in [4.69, 9.17) is 4.42 Å². The normalized spacial score (nSPS) is 10.5. The molecule has 2 heterocycles. The molecule has 0 amide bonds. The fraction of sp³-hybridized carbons (Fsp3) is 0. The second-order valence-electron chi connectivity index (χ2n) is 1.97. The summed E-state index contributed by atoms with van der Waals surface area (Å²) in [7, 11) is 0. The lowest BCUT2D eigenvalue weighted by molar-refractivity contribution is 0.578. The molecule has 10 heavy (non-hydrogen) atoms. The van der Waals surface area contributed by atoms with Crippen LogP contribution in [0.15, 0.2) is 29.0 Å². The lowest BCUT2D eigenvalue weighted by Crippen LogP contribution is -1.77. The van der Waals surface area contributed by atoms with E-state index in [0.717, 1.165) is 5.39 Å². The molecule has 2 aromatic rings. The lowest BCUT2D eigenvalue weighted by Gasteiger charge is -1.85. The molecule has 0 aliphatic heterocycles. The van der Waals surface area contributed by atoms with Crippen LogP contribution in [0, 0.1) is 5.95 Å². The van der Waals surface area contributed by atoms with Crippen LogP contribution in [0.2, 0.25) is 0 Å². The van der Waals surface area contributed by atoms with Crippen molar-refractivity contribution in [2.24, 2.45) is 0 Å². The third-order valence-electron chi connectivity index (χ3n) is 1.31. The van der Waals surface area contributed by atoms with Crippen LogP contribution in [0.1, 0.15) is 0 Å². The van der Waals surface area contributed by atoms with Gasteiger partial charge in [-0.2, -0.15) is 4.39 Å². The molecule has 0 radical (unpaired) electrons. The summed E-state index contributed by atoms with van der Waals surface area (Å²) >= 11 is 0. The highest BCUT2D eigenvalue weighted by Crippen LogP contribution is 2.13. The smallest absolute Gasteiger partial charge is 0.213 e. The summed E-state index contributed by atoms with van der Waals surface area (Å²) in [5.74, 6) is -0.478. The van der Waals surface area contributed by atoms with Crippen LogP contribution in [0.5, 0.6) is 0 Å². The Kier molecular flexibility index (Phi) is 0.974. The maximum absolute atomic E-state index is 12.4. The van der Waals surface area contributed by atoms with Gasteiger partial charge in [0.15, 0.2) is 5.58 Å². The van der Waals surface area contributed by atoms with Crippen molar-refractivity contribution in [2.45, 2.75) is 0 Å². The first-order chi connectivity index (χ1) is 4.86. The van der Waals surface area contributed by atoms with E-state index in [1.54, 1.807) is 6.07 Å². The molecule has 3 heteroatoms. The molecule has 0 saturated heterocycles. The van der Waals surface area contributed by atoms with Crippen LogP contribution in [-0.2, 0) is 0 Å². The molecule has 0 bridgehead atoms. The number of hydrogen-bond acceptors (Lipinski definition) is 2. The van der Waals surface area contributed by atoms with Gasteiger partial charge in [0.1, 0.15) is 0 Å². The predicted octanol–water partition coefficient (Wildman–Crippen LogP) is 1.97. The predicted molar refractivity (Wildman–Crippen MR) is 34.0 cm³/mol. The topological polar surface area (TPSA) is 26.0 Å². The zero-order valence-electron chi connectivity index (χ0n) is 5.04. The van der Waals surface area contributed by atoms with Gasteiger partial charge in [-0.1, -0.05) is 0 Å². The van der Waals surface area contributed by atoms with Gasteiger partial charge in [0.05, 0.1) is 12.5 Å². The van der Waals surface area contributed by atoms with Crippen molar-refractivity contribution < 1.29 is 8.81 Å². The minimum Gasteiger partial charge on any atom is -0.463 e. The molecular formula is C7H4FNO. The first-order valence-corrected chi connectivity index (χ1v) is 2.85. The summed E-state index contributed by atoms with van der Waals surface area (Å²) < 4.78 is 17.3. The number of aromatic nitrogens is 1. The summed E-state index contributed by atoms with van der Waals surface area (Å²) in [5.41, 5.74) is 0.612. The molecule has 0 atom stereocenters. The standard InChI is InChI=1S/C7H4FNO/c8-7-3-5-1-2-10-6(5)4-9-7/h1-4H.